The second kappa shape index (κ2) is 18.1. The summed E-state index contributed by atoms with van der Waals surface area (Å²) in [6.45, 7) is 6.51. The second-order valence-corrected chi connectivity index (χ2v) is 9.56. The van der Waals surface area contributed by atoms with Crippen LogP contribution in [0.5, 0.6) is 0 Å². The third kappa shape index (κ3) is 13.9. The highest BCUT2D eigenvalue weighted by molar-refractivity contribution is 7.81. The van der Waals surface area contributed by atoms with Gasteiger partial charge in [-0.25, -0.2) is 0 Å². The fourth-order valence-electron chi connectivity index (χ4n) is 3.67. The summed E-state index contributed by atoms with van der Waals surface area (Å²) in [4.78, 5) is 2.04. The van der Waals surface area contributed by atoms with E-state index in [0.29, 0.717) is 0 Å². The number of thiocarbonyl (C=S) groups is 2. The maximum Gasteiger partial charge on any atom is 0.0303 e. The largest absolute Gasteiger partial charge is 0.385 e. The summed E-state index contributed by atoms with van der Waals surface area (Å²) in [6.07, 6.45) is 24.7. The minimum atomic E-state index is 0.897. The van der Waals surface area contributed by atoms with Crippen LogP contribution in [0.1, 0.15) is 64.2 Å². The fraction of sp³-hybridized carbons (Fsp3) is 0.615. The van der Waals surface area contributed by atoms with Crippen LogP contribution in [0.2, 0.25) is 0 Å². The molecule has 0 atom stereocenters. The van der Waals surface area contributed by atoms with E-state index in [9.17, 15) is 0 Å². The first-order valence-corrected chi connectivity index (χ1v) is 13.3. The Morgan fingerprint density at radius 3 is 1.31 bits per heavy atom. The van der Waals surface area contributed by atoms with Gasteiger partial charge >= 0.3 is 0 Å². The molecule has 0 aromatic rings. The van der Waals surface area contributed by atoms with Gasteiger partial charge in [0.25, 0.3) is 0 Å². The van der Waals surface area contributed by atoms with Crippen LogP contribution < -0.4 is 21.3 Å². The molecule has 32 heavy (non-hydrogen) atoms. The van der Waals surface area contributed by atoms with Crippen LogP contribution in [0.3, 0.4) is 0 Å². The lowest BCUT2D eigenvalue weighted by Gasteiger charge is -2.11. The normalized spacial score (nSPS) is 15.6. The highest BCUT2D eigenvalue weighted by Gasteiger charge is 2.00. The number of allylic oxidation sites excluding steroid dienone is 6. The first-order valence-electron chi connectivity index (χ1n) is 12.5. The Hall–Kier alpha value is -1.34. The van der Waals surface area contributed by atoms with E-state index < -0.39 is 0 Å². The quantitative estimate of drug-likeness (QED) is 0.158. The van der Waals surface area contributed by atoms with E-state index in [1.165, 1.54) is 49.9 Å². The van der Waals surface area contributed by atoms with Crippen molar-refractivity contribution in [3.63, 3.8) is 0 Å². The first-order chi connectivity index (χ1) is 15.7. The highest BCUT2D eigenvalue weighted by Crippen LogP contribution is 2.07. The summed E-state index contributed by atoms with van der Waals surface area (Å²) >= 11 is 10.3. The van der Waals surface area contributed by atoms with Crippen molar-refractivity contribution in [2.24, 2.45) is 0 Å². The number of hydrogen-bond donors (Lipinski definition) is 4. The van der Waals surface area contributed by atoms with Crippen molar-refractivity contribution >= 4 is 34.2 Å². The average molecular weight is 475 g/mol. The van der Waals surface area contributed by atoms with Gasteiger partial charge in [0.05, 0.1) is 0 Å². The second-order valence-electron chi connectivity index (χ2n) is 8.51. The van der Waals surface area contributed by atoms with Crippen molar-refractivity contribution in [1.82, 2.24) is 21.3 Å². The number of unbranched alkanes of at least 4 members (excludes halogenated alkanes) is 5. The minimum absolute atomic E-state index is 0.897. The van der Waals surface area contributed by atoms with Crippen molar-refractivity contribution in [2.75, 3.05) is 39.3 Å². The number of hydrogen-bond acceptors (Lipinski definition) is 6. The van der Waals surface area contributed by atoms with Crippen LogP contribution in [0, 0.1) is 0 Å². The molecule has 2 aliphatic carbocycles. The van der Waals surface area contributed by atoms with Gasteiger partial charge < -0.3 is 21.3 Å². The molecule has 0 bridgehead atoms. The predicted molar refractivity (Wildman–Crippen MR) is 148 cm³/mol. The van der Waals surface area contributed by atoms with Gasteiger partial charge in [0, 0.05) is 47.1 Å². The average Bonchev–Trinajstić information content (AvgIpc) is 2.80. The van der Waals surface area contributed by atoms with Crippen molar-refractivity contribution in [3.8, 4) is 0 Å². The molecule has 0 aromatic carbocycles. The Kier molecular flexibility index (Phi) is 15.2. The van der Waals surface area contributed by atoms with Gasteiger partial charge in [-0.3, -0.25) is 0 Å². The van der Waals surface area contributed by atoms with E-state index in [2.05, 4.69) is 45.6 Å². The third-order valence-electron chi connectivity index (χ3n) is 5.62. The molecule has 2 aliphatic rings. The summed E-state index contributed by atoms with van der Waals surface area (Å²) < 4.78 is 0. The maximum atomic E-state index is 5.16. The van der Waals surface area contributed by atoms with Gasteiger partial charge in [0.15, 0.2) is 0 Å². The lowest BCUT2D eigenvalue weighted by Crippen LogP contribution is -2.22. The Labute approximate surface area is 206 Å². The summed E-state index contributed by atoms with van der Waals surface area (Å²) in [5.41, 5.74) is 2.42. The van der Waals surface area contributed by atoms with Gasteiger partial charge in [-0.15, -0.1) is 0 Å². The van der Waals surface area contributed by atoms with Crippen LogP contribution in [0.4, 0.5) is 0 Å². The summed E-state index contributed by atoms with van der Waals surface area (Å²) in [5, 5.41) is 14.1. The number of nitrogens with one attached hydrogen (secondary N) is 4. The van der Waals surface area contributed by atoms with Gasteiger partial charge in [-0.2, -0.15) is 0 Å². The zero-order valence-electron chi connectivity index (χ0n) is 19.6. The van der Waals surface area contributed by atoms with Crippen LogP contribution in [-0.4, -0.2) is 49.0 Å². The molecule has 0 saturated carbocycles. The zero-order chi connectivity index (χ0) is 22.7. The molecule has 0 radical (unpaired) electrons. The molecule has 0 aliphatic heterocycles. The van der Waals surface area contributed by atoms with Crippen LogP contribution in [0.15, 0.2) is 47.9 Å². The highest BCUT2D eigenvalue weighted by atomic mass is 32.1. The molecule has 0 amide bonds. The summed E-state index contributed by atoms with van der Waals surface area (Å²) in [5.74, 6) is 0. The molecule has 4 N–H and O–H groups in total. The van der Waals surface area contributed by atoms with Gasteiger partial charge in [-0.05, 0) is 76.2 Å². The van der Waals surface area contributed by atoms with E-state index >= 15 is 0 Å². The molecule has 6 heteroatoms. The summed E-state index contributed by atoms with van der Waals surface area (Å²) in [7, 11) is 0. The Morgan fingerprint density at radius 1 is 0.500 bits per heavy atom. The molecule has 0 aromatic heterocycles. The molecule has 0 spiro atoms. The molecule has 4 nitrogen and oxygen atoms in total. The minimum Gasteiger partial charge on any atom is -0.385 e. The molecular formula is C26H42N4S2. The standard InChI is InChI=1S/C26H42N4S2/c31-25-13-9-23(10-14-25)29-21-7-19-27-17-5-3-1-2-4-6-18-28-20-8-22-30-24-11-15-26(32)16-12-24/h9-13,15,27-30H,1-8,14,16-22H2. The molecule has 0 saturated heterocycles. The van der Waals surface area contributed by atoms with Crippen molar-refractivity contribution in [2.45, 2.75) is 64.2 Å². The van der Waals surface area contributed by atoms with E-state index in [-0.39, 0.29) is 0 Å². The molecule has 178 valence electrons. The SMILES string of the molecule is S=C1C=CC(NCCCNCCCCCCCCNCCCNC2=CCC(=S)C=C2)=CC1. The Bertz CT molecular complexity index is 621. The van der Waals surface area contributed by atoms with Crippen molar-refractivity contribution in [1.29, 1.82) is 0 Å². The molecule has 0 heterocycles. The van der Waals surface area contributed by atoms with Crippen LogP contribution >= 0.6 is 24.4 Å². The maximum absolute atomic E-state index is 5.16. The fourth-order valence-corrected chi connectivity index (χ4v) is 3.97. The van der Waals surface area contributed by atoms with Gasteiger partial charge in [0.2, 0.25) is 0 Å². The Balaban J connectivity index is 1.23. The summed E-state index contributed by atoms with van der Waals surface area (Å²) in [6, 6.07) is 0. The molecule has 2 rings (SSSR count). The molecule has 0 fully saturated rings. The van der Waals surface area contributed by atoms with E-state index in [0.717, 1.165) is 74.7 Å². The van der Waals surface area contributed by atoms with E-state index in [1.54, 1.807) is 0 Å². The van der Waals surface area contributed by atoms with Crippen molar-refractivity contribution < 1.29 is 0 Å². The monoisotopic (exact) mass is 474 g/mol. The van der Waals surface area contributed by atoms with Gasteiger partial charge in [0.1, 0.15) is 0 Å². The molecular weight excluding hydrogens is 432 g/mol. The predicted octanol–water partition coefficient (Wildman–Crippen LogP) is 4.89. The lowest BCUT2D eigenvalue weighted by atomic mass is 10.1. The van der Waals surface area contributed by atoms with Crippen LogP contribution in [-0.2, 0) is 0 Å². The van der Waals surface area contributed by atoms with Crippen LogP contribution in [0.25, 0.3) is 0 Å². The van der Waals surface area contributed by atoms with Gasteiger partial charge in [-0.1, -0.05) is 62.3 Å². The zero-order valence-corrected chi connectivity index (χ0v) is 21.2. The molecule has 0 unspecified atom stereocenters. The third-order valence-corrected chi connectivity index (χ3v) is 6.23. The van der Waals surface area contributed by atoms with E-state index in [1.807, 2.05) is 12.2 Å². The number of rotatable bonds is 19. The smallest absolute Gasteiger partial charge is 0.0303 e. The Morgan fingerprint density at radius 2 is 0.906 bits per heavy atom. The van der Waals surface area contributed by atoms with Crippen molar-refractivity contribution in [3.05, 3.63) is 47.9 Å². The lowest BCUT2D eigenvalue weighted by molar-refractivity contribution is 0.540. The van der Waals surface area contributed by atoms with E-state index in [4.69, 9.17) is 24.4 Å². The topological polar surface area (TPSA) is 48.1 Å². The first kappa shape index (κ1) is 26.9.